The van der Waals surface area contributed by atoms with Crippen LogP contribution in [0, 0.1) is 6.92 Å². The van der Waals surface area contributed by atoms with E-state index in [0.29, 0.717) is 22.5 Å². The molecule has 212 valence electrons. The highest BCUT2D eigenvalue weighted by molar-refractivity contribution is 7.98. The molecule has 0 fully saturated rings. The largest absolute Gasteiger partial charge is 0.462 e. The average Bonchev–Trinajstić information content (AvgIpc) is 3.55. The van der Waals surface area contributed by atoms with Crippen molar-refractivity contribution in [1.29, 1.82) is 0 Å². The zero-order valence-corrected chi connectivity index (χ0v) is 24.9. The molecule has 1 unspecified atom stereocenters. The molecule has 11 heteroatoms. The molecule has 5 rings (SSSR count). The minimum absolute atomic E-state index is 0.219. The van der Waals surface area contributed by atoms with Gasteiger partial charge >= 0.3 is 11.9 Å². The molecule has 0 spiro atoms. The Hall–Kier alpha value is -3.96. The Morgan fingerprint density at radius 3 is 2.51 bits per heavy atom. The number of esters is 2. The highest BCUT2D eigenvalue weighted by atomic mass is 32.2. The summed E-state index contributed by atoms with van der Waals surface area (Å²) in [6.07, 6.45) is 2.59. The van der Waals surface area contributed by atoms with E-state index < -0.39 is 23.9 Å². The van der Waals surface area contributed by atoms with Crippen LogP contribution < -0.4 is 5.32 Å². The van der Waals surface area contributed by atoms with Crippen molar-refractivity contribution in [3.8, 4) is 16.1 Å². The van der Waals surface area contributed by atoms with Crippen LogP contribution in [0.15, 0.2) is 53.7 Å². The number of rotatable bonds is 9. The van der Waals surface area contributed by atoms with Gasteiger partial charge in [-0.1, -0.05) is 43.0 Å². The normalized spacial score (nSPS) is 12.7. The molecular weight excluding hydrogens is 560 g/mol. The topological polar surface area (TPSA) is 112 Å². The molecule has 0 radical (unpaired) electrons. The Morgan fingerprint density at radius 1 is 1.05 bits per heavy atom. The number of nitrogens with zero attached hydrogens (tertiary/aromatic N) is 3. The Labute approximate surface area is 246 Å². The third-order valence-corrected chi connectivity index (χ3v) is 8.69. The Kier molecular flexibility index (Phi) is 8.55. The van der Waals surface area contributed by atoms with Gasteiger partial charge in [-0.3, -0.25) is 9.36 Å². The van der Waals surface area contributed by atoms with Crippen molar-refractivity contribution >= 4 is 45.9 Å². The summed E-state index contributed by atoms with van der Waals surface area (Å²) in [7, 11) is 0. The van der Waals surface area contributed by atoms with Gasteiger partial charge < -0.3 is 14.8 Å². The van der Waals surface area contributed by atoms with Crippen molar-refractivity contribution in [2.24, 2.45) is 0 Å². The number of thiophene rings is 1. The zero-order valence-electron chi connectivity index (χ0n) is 23.2. The number of aryl methyl sites for hydroxylation is 2. The van der Waals surface area contributed by atoms with Crippen molar-refractivity contribution in [3.05, 3.63) is 76.6 Å². The minimum atomic E-state index is -1.05. The molecule has 0 aliphatic heterocycles. The summed E-state index contributed by atoms with van der Waals surface area (Å²) in [6.45, 7) is 5.59. The summed E-state index contributed by atoms with van der Waals surface area (Å²) in [5, 5.41) is 12.3. The van der Waals surface area contributed by atoms with Crippen molar-refractivity contribution in [2.75, 3.05) is 18.2 Å². The first kappa shape index (κ1) is 28.6. The summed E-state index contributed by atoms with van der Waals surface area (Å²) >= 11 is 2.82. The summed E-state index contributed by atoms with van der Waals surface area (Å²) in [5.41, 5.74) is 4.63. The fourth-order valence-corrected chi connectivity index (χ4v) is 6.72. The van der Waals surface area contributed by atoms with Crippen LogP contribution in [0.3, 0.4) is 0 Å². The first-order chi connectivity index (χ1) is 19.9. The number of benzene rings is 2. The van der Waals surface area contributed by atoms with Gasteiger partial charge in [-0.25, -0.2) is 9.59 Å². The Balaban J connectivity index is 1.35. The van der Waals surface area contributed by atoms with Crippen LogP contribution in [0.2, 0.25) is 0 Å². The van der Waals surface area contributed by atoms with E-state index in [9.17, 15) is 14.4 Å². The molecule has 1 amide bonds. The second-order valence-corrected chi connectivity index (χ2v) is 11.2. The van der Waals surface area contributed by atoms with Gasteiger partial charge in [0, 0.05) is 10.6 Å². The van der Waals surface area contributed by atoms with E-state index in [4.69, 9.17) is 9.47 Å². The van der Waals surface area contributed by atoms with Gasteiger partial charge in [0.2, 0.25) is 0 Å². The van der Waals surface area contributed by atoms with E-state index in [1.54, 1.807) is 38.1 Å². The fourth-order valence-electron chi connectivity index (χ4n) is 4.88. The number of fused-ring (bicyclic) bond motifs is 3. The van der Waals surface area contributed by atoms with Crippen molar-refractivity contribution in [3.63, 3.8) is 0 Å². The van der Waals surface area contributed by atoms with Crippen LogP contribution in [-0.2, 0) is 27.1 Å². The van der Waals surface area contributed by atoms with Crippen LogP contribution in [-0.4, -0.2) is 51.6 Å². The predicted molar refractivity (Wildman–Crippen MR) is 159 cm³/mol. The number of hydrogen-bond donors (Lipinski definition) is 1. The van der Waals surface area contributed by atoms with Crippen LogP contribution in [0.4, 0.5) is 5.00 Å². The van der Waals surface area contributed by atoms with Crippen LogP contribution >= 0.6 is 23.1 Å². The monoisotopic (exact) mass is 590 g/mol. The molecule has 9 nitrogen and oxygen atoms in total. The van der Waals surface area contributed by atoms with E-state index in [2.05, 4.69) is 21.6 Å². The van der Waals surface area contributed by atoms with Crippen LogP contribution in [0.1, 0.15) is 57.9 Å². The number of carbonyl (C=O) groups excluding carboxylic acids is 3. The van der Waals surface area contributed by atoms with E-state index in [1.807, 2.05) is 35.9 Å². The maximum atomic E-state index is 13.4. The summed E-state index contributed by atoms with van der Waals surface area (Å²) in [6, 6.07) is 14.9. The van der Waals surface area contributed by atoms with Gasteiger partial charge in [0.1, 0.15) is 10.8 Å². The van der Waals surface area contributed by atoms with E-state index >= 15 is 0 Å². The molecule has 1 aliphatic carbocycles. The van der Waals surface area contributed by atoms with Gasteiger partial charge in [-0.15, -0.1) is 21.5 Å². The Bertz CT molecular complexity index is 1610. The number of thioether (sulfide) groups is 1. The number of hydrogen-bond acceptors (Lipinski definition) is 9. The highest BCUT2D eigenvalue weighted by Gasteiger charge is 2.31. The van der Waals surface area contributed by atoms with Crippen molar-refractivity contribution < 1.29 is 23.9 Å². The highest BCUT2D eigenvalue weighted by Crippen LogP contribution is 2.45. The number of aromatic nitrogens is 3. The molecule has 1 aliphatic rings. The van der Waals surface area contributed by atoms with Gasteiger partial charge in [-0.05, 0) is 80.3 Å². The lowest BCUT2D eigenvalue weighted by Crippen LogP contribution is -2.32. The quantitative estimate of drug-likeness (QED) is 0.190. The maximum absolute atomic E-state index is 13.4. The number of ether oxygens (including phenoxy) is 2. The summed E-state index contributed by atoms with van der Waals surface area (Å²) in [5.74, 6) is -0.861. The van der Waals surface area contributed by atoms with Gasteiger partial charge in [0.05, 0.1) is 17.7 Å². The third-order valence-electron chi connectivity index (χ3n) is 6.88. The summed E-state index contributed by atoms with van der Waals surface area (Å²) in [4.78, 5) is 40.3. The zero-order chi connectivity index (χ0) is 29.1. The predicted octanol–water partition coefficient (Wildman–Crippen LogP) is 5.88. The molecule has 2 aromatic heterocycles. The van der Waals surface area contributed by atoms with Crippen LogP contribution in [0.25, 0.3) is 16.1 Å². The molecule has 1 N–H and O–H groups in total. The first-order valence-corrected chi connectivity index (χ1v) is 15.4. The fraction of sp³-hybridized carbons (Fsp3) is 0.300. The maximum Gasteiger partial charge on any atom is 0.341 e. The SMILES string of the molecule is CCOC(=O)c1c(NC(=O)C(CC)OC(=O)c2ccc(-n3c(C)nnc3SC)cc2)sc2c1CCc1ccccc1-2. The molecule has 0 bridgehead atoms. The third kappa shape index (κ3) is 5.64. The number of carbonyl (C=O) groups is 3. The van der Waals surface area contributed by atoms with Crippen molar-refractivity contribution in [1.82, 2.24) is 14.8 Å². The Morgan fingerprint density at radius 2 is 1.80 bits per heavy atom. The van der Waals surface area contributed by atoms with E-state index in [-0.39, 0.29) is 13.0 Å². The first-order valence-electron chi connectivity index (χ1n) is 13.4. The van der Waals surface area contributed by atoms with Crippen molar-refractivity contribution in [2.45, 2.75) is 51.3 Å². The average molecular weight is 591 g/mol. The minimum Gasteiger partial charge on any atom is -0.462 e. The molecule has 2 aromatic carbocycles. The molecular formula is C30H30N4O5S2. The van der Waals surface area contributed by atoms with E-state index in [1.165, 1.54) is 28.7 Å². The number of amides is 1. The lowest BCUT2D eigenvalue weighted by atomic mass is 9.89. The molecule has 41 heavy (non-hydrogen) atoms. The van der Waals surface area contributed by atoms with Gasteiger partial charge in [-0.2, -0.15) is 0 Å². The summed E-state index contributed by atoms with van der Waals surface area (Å²) < 4.78 is 12.9. The number of anilines is 1. The van der Waals surface area contributed by atoms with Crippen LogP contribution in [0.5, 0.6) is 0 Å². The molecule has 1 atom stereocenters. The second kappa shape index (κ2) is 12.3. The number of nitrogens with one attached hydrogen (secondary N) is 1. The van der Waals surface area contributed by atoms with Gasteiger partial charge in [0.15, 0.2) is 11.3 Å². The van der Waals surface area contributed by atoms with E-state index in [0.717, 1.165) is 39.1 Å². The smallest absolute Gasteiger partial charge is 0.341 e. The standard InChI is InChI=1S/C30H30N4O5S2/c1-5-23(39-28(36)19-11-14-20(15-12-19)34-17(3)32-33-30(34)40-4)26(35)31-27-24(29(37)38-6-2)22-16-13-18-9-7-8-10-21(18)25(22)41-27/h7-12,14-15,23H,5-6,13,16H2,1-4H3,(H,31,35). The molecule has 0 saturated carbocycles. The molecule has 0 saturated heterocycles. The molecule has 2 heterocycles. The molecule has 4 aromatic rings. The van der Waals surface area contributed by atoms with Gasteiger partial charge in [0.25, 0.3) is 5.91 Å². The second-order valence-electron chi connectivity index (χ2n) is 9.40. The lowest BCUT2D eigenvalue weighted by Gasteiger charge is -2.17. The lowest BCUT2D eigenvalue weighted by molar-refractivity contribution is -0.124.